The lowest BCUT2D eigenvalue weighted by Gasteiger charge is -2.34. The van der Waals surface area contributed by atoms with Gasteiger partial charge in [0.1, 0.15) is 12.4 Å². The average Bonchev–Trinajstić information content (AvgIpc) is 2.65. The van der Waals surface area contributed by atoms with Crippen LogP contribution in [0.25, 0.3) is 0 Å². The van der Waals surface area contributed by atoms with Gasteiger partial charge in [-0.05, 0) is 23.6 Å². The van der Waals surface area contributed by atoms with Crippen molar-refractivity contribution in [2.75, 3.05) is 27.4 Å². The minimum absolute atomic E-state index is 0. The summed E-state index contributed by atoms with van der Waals surface area (Å²) in [5.41, 5.74) is 9.04. The molecule has 0 radical (unpaired) electrons. The number of ether oxygens (including phenoxy) is 3. The van der Waals surface area contributed by atoms with Gasteiger partial charge in [-0.3, -0.25) is 9.79 Å². The molecule has 0 fully saturated rings. The maximum Gasteiger partial charge on any atom is 0.339 e. The number of carbonyl (C=O) groups is 2. The van der Waals surface area contributed by atoms with Crippen LogP contribution in [0.3, 0.4) is 0 Å². The topological polar surface area (TPSA) is 146 Å². The van der Waals surface area contributed by atoms with Crippen LogP contribution in [-0.2, 0) is 25.5 Å². The molecule has 10 heteroatoms. The Hall–Kier alpha value is -2.52. The molecule has 0 aliphatic carbocycles. The molecule has 2 unspecified atom stereocenters. The minimum Gasteiger partial charge on any atom is -0.492 e. The lowest BCUT2D eigenvalue weighted by molar-refractivity contribution is -0.181. The van der Waals surface area contributed by atoms with Crippen LogP contribution in [0, 0.1) is 11.8 Å². The largest absolute Gasteiger partial charge is 0.492 e. The minimum atomic E-state index is -2.06. The molecule has 164 valence electrons. The van der Waals surface area contributed by atoms with Gasteiger partial charge in [-0.15, -0.1) is 12.4 Å². The van der Waals surface area contributed by atoms with E-state index in [0.29, 0.717) is 24.5 Å². The second kappa shape index (κ2) is 12.1. The van der Waals surface area contributed by atoms with Crippen LogP contribution >= 0.6 is 12.4 Å². The fourth-order valence-corrected chi connectivity index (χ4v) is 2.98. The average molecular weight is 432 g/mol. The van der Waals surface area contributed by atoms with Crippen molar-refractivity contribution in [2.45, 2.75) is 25.9 Å². The molecule has 0 spiro atoms. The highest BCUT2D eigenvalue weighted by Gasteiger charge is 2.51. The third-order valence-electron chi connectivity index (χ3n) is 4.23. The van der Waals surface area contributed by atoms with Crippen molar-refractivity contribution in [3.63, 3.8) is 0 Å². The van der Waals surface area contributed by atoms with Gasteiger partial charge in [-0.25, -0.2) is 4.79 Å². The first-order chi connectivity index (χ1) is 13.2. The predicted octanol–water partition coefficient (Wildman–Crippen LogP) is 0.652. The molecule has 0 saturated heterocycles. The number of rotatable bonds is 10. The van der Waals surface area contributed by atoms with Crippen molar-refractivity contribution in [3.05, 3.63) is 29.8 Å². The summed E-state index contributed by atoms with van der Waals surface area (Å²) in [6.45, 7) is 4.06. The number of nitrogens with two attached hydrogens (primary N) is 2. The number of esters is 2. The van der Waals surface area contributed by atoms with Crippen LogP contribution in [0.5, 0.6) is 5.75 Å². The molecule has 29 heavy (non-hydrogen) atoms. The number of aliphatic hydroxyl groups is 1. The Bertz CT molecular complexity index is 692. The van der Waals surface area contributed by atoms with E-state index in [0.717, 1.165) is 7.11 Å². The zero-order valence-electron chi connectivity index (χ0n) is 17.1. The quantitative estimate of drug-likeness (QED) is 0.212. The van der Waals surface area contributed by atoms with E-state index < -0.39 is 23.5 Å². The van der Waals surface area contributed by atoms with E-state index in [1.165, 1.54) is 7.11 Å². The summed E-state index contributed by atoms with van der Waals surface area (Å²) < 4.78 is 15.1. The molecule has 2 atom stereocenters. The fourth-order valence-electron chi connectivity index (χ4n) is 2.98. The van der Waals surface area contributed by atoms with Gasteiger partial charge in [0.05, 0.1) is 26.7 Å². The van der Waals surface area contributed by atoms with E-state index in [1.54, 1.807) is 38.1 Å². The molecule has 1 rings (SSSR count). The predicted molar refractivity (Wildman–Crippen MR) is 111 cm³/mol. The van der Waals surface area contributed by atoms with E-state index in [-0.39, 0.29) is 30.7 Å². The number of methoxy groups -OCH3 is 2. The molecular formula is C19H30ClN3O6. The molecule has 0 saturated carbocycles. The highest BCUT2D eigenvalue weighted by molar-refractivity contribution is 5.88. The Balaban J connectivity index is 0.00000784. The maximum atomic E-state index is 12.4. The first kappa shape index (κ1) is 26.5. The molecule has 0 aromatic heterocycles. The maximum absolute atomic E-state index is 12.4. The van der Waals surface area contributed by atoms with Crippen molar-refractivity contribution in [3.8, 4) is 5.75 Å². The van der Waals surface area contributed by atoms with Crippen LogP contribution in [0.2, 0.25) is 0 Å². The van der Waals surface area contributed by atoms with Gasteiger partial charge in [0.2, 0.25) is 0 Å². The van der Waals surface area contributed by atoms with Gasteiger partial charge in [-0.1, -0.05) is 26.0 Å². The summed E-state index contributed by atoms with van der Waals surface area (Å²) in [6, 6.07) is 6.76. The van der Waals surface area contributed by atoms with Gasteiger partial charge in [-0.2, -0.15) is 0 Å². The Kier molecular flexibility index (Phi) is 11.1. The zero-order chi connectivity index (χ0) is 21.3. The Morgan fingerprint density at radius 3 is 2.17 bits per heavy atom. The third-order valence-corrected chi connectivity index (χ3v) is 4.23. The second-order valence-electron chi connectivity index (χ2n) is 6.64. The van der Waals surface area contributed by atoms with Gasteiger partial charge in [0.25, 0.3) is 0 Å². The first-order valence-electron chi connectivity index (χ1n) is 8.81. The third kappa shape index (κ3) is 7.43. The number of benzene rings is 1. The van der Waals surface area contributed by atoms with Gasteiger partial charge in [0.15, 0.2) is 11.6 Å². The summed E-state index contributed by atoms with van der Waals surface area (Å²) in [6.07, 6.45) is -0.119. The number of guanidine groups is 1. The smallest absolute Gasteiger partial charge is 0.339 e. The first-order valence-corrected chi connectivity index (χ1v) is 8.81. The molecular weight excluding hydrogens is 402 g/mol. The van der Waals surface area contributed by atoms with Gasteiger partial charge in [0, 0.05) is 6.42 Å². The highest BCUT2D eigenvalue weighted by Crippen LogP contribution is 2.32. The van der Waals surface area contributed by atoms with Gasteiger partial charge < -0.3 is 30.8 Å². The Morgan fingerprint density at radius 1 is 1.14 bits per heavy atom. The summed E-state index contributed by atoms with van der Waals surface area (Å²) in [7, 11) is 2.37. The van der Waals surface area contributed by atoms with Gasteiger partial charge >= 0.3 is 11.9 Å². The molecule has 5 N–H and O–H groups in total. The van der Waals surface area contributed by atoms with Crippen molar-refractivity contribution >= 4 is 30.3 Å². The monoisotopic (exact) mass is 431 g/mol. The standard InChI is InChI=1S/C19H29N3O6.ClH/c1-12(2)15(16(23)26-3)19(25,17(24)27-4)11-13-5-7-14(8-6-13)28-10-9-22-18(20)21;/h5-8,12,15,25H,9-11H2,1-4H3,(H4,20,21,22);1H. The van der Waals surface area contributed by atoms with E-state index >= 15 is 0 Å². The molecule has 1 aromatic rings. The van der Waals surface area contributed by atoms with Crippen LogP contribution in [0.4, 0.5) is 0 Å². The molecule has 1 aromatic carbocycles. The molecule has 0 aliphatic rings. The van der Waals surface area contributed by atoms with Crippen molar-refractivity contribution < 1.29 is 28.9 Å². The lowest BCUT2D eigenvalue weighted by Crippen LogP contribution is -2.54. The Morgan fingerprint density at radius 2 is 1.72 bits per heavy atom. The van der Waals surface area contributed by atoms with Crippen LogP contribution < -0.4 is 16.2 Å². The summed E-state index contributed by atoms with van der Waals surface area (Å²) in [5.74, 6) is -2.44. The van der Waals surface area contributed by atoms with E-state index in [1.807, 2.05) is 0 Å². The molecule has 0 bridgehead atoms. The molecule has 9 nitrogen and oxygen atoms in total. The zero-order valence-corrected chi connectivity index (χ0v) is 17.9. The Labute approximate surface area is 176 Å². The fraction of sp³-hybridized carbons (Fsp3) is 0.526. The van der Waals surface area contributed by atoms with Crippen molar-refractivity contribution in [1.29, 1.82) is 0 Å². The summed E-state index contributed by atoms with van der Waals surface area (Å²) >= 11 is 0. The summed E-state index contributed by atoms with van der Waals surface area (Å²) in [5, 5.41) is 11.1. The highest BCUT2D eigenvalue weighted by atomic mass is 35.5. The number of aliphatic imine (C=N–C) groups is 1. The molecule has 0 aliphatic heterocycles. The number of halogens is 1. The molecule has 0 amide bonds. The van der Waals surface area contributed by atoms with Crippen molar-refractivity contribution in [1.82, 2.24) is 0 Å². The SMILES string of the molecule is COC(=O)C(C(C)C)C(O)(Cc1ccc(OCCN=C(N)N)cc1)C(=O)OC.Cl. The number of carbonyl (C=O) groups excluding carboxylic acids is 2. The number of nitrogens with zero attached hydrogens (tertiary/aromatic N) is 1. The molecule has 0 heterocycles. The second-order valence-corrected chi connectivity index (χ2v) is 6.64. The van der Waals surface area contributed by atoms with Crippen molar-refractivity contribution in [2.24, 2.45) is 28.3 Å². The van der Waals surface area contributed by atoms with Crippen LogP contribution in [-0.4, -0.2) is 56.0 Å². The van der Waals surface area contributed by atoms with Crippen LogP contribution in [0.1, 0.15) is 19.4 Å². The van der Waals surface area contributed by atoms with E-state index in [9.17, 15) is 14.7 Å². The normalized spacial score (nSPS) is 13.4. The van der Waals surface area contributed by atoms with E-state index in [2.05, 4.69) is 4.99 Å². The summed E-state index contributed by atoms with van der Waals surface area (Å²) in [4.78, 5) is 28.4. The number of hydrogen-bond acceptors (Lipinski definition) is 7. The van der Waals surface area contributed by atoms with E-state index in [4.69, 9.17) is 25.7 Å². The van der Waals surface area contributed by atoms with Crippen LogP contribution in [0.15, 0.2) is 29.3 Å². The lowest BCUT2D eigenvalue weighted by atomic mass is 9.76. The number of hydrogen-bond donors (Lipinski definition) is 3.